The van der Waals surface area contributed by atoms with E-state index in [0.717, 1.165) is 4.47 Å². The Morgan fingerprint density at radius 2 is 1.37 bits per heavy atom. The van der Waals surface area contributed by atoms with E-state index >= 15 is 0 Å². The molecule has 4 atom stereocenters. The van der Waals surface area contributed by atoms with Crippen LogP contribution in [0.2, 0.25) is 54.4 Å². The van der Waals surface area contributed by atoms with Gasteiger partial charge in [0.2, 0.25) is 5.79 Å². The van der Waals surface area contributed by atoms with Crippen molar-refractivity contribution < 1.29 is 23.1 Å². The van der Waals surface area contributed by atoms with Crippen LogP contribution in [0.3, 0.4) is 0 Å². The number of hydrogen-bond acceptors (Lipinski definition) is 6. The van der Waals surface area contributed by atoms with Gasteiger partial charge in [-0.2, -0.15) is 0 Å². The molecule has 6 nitrogen and oxygen atoms in total. The molecule has 1 N–H and O–H groups in total. The van der Waals surface area contributed by atoms with Crippen molar-refractivity contribution in [2.75, 3.05) is 6.61 Å². The van der Waals surface area contributed by atoms with E-state index < -0.39 is 49.1 Å². The van der Waals surface area contributed by atoms with Gasteiger partial charge in [0.05, 0.1) is 6.61 Å². The van der Waals surface area contributed by atoms with Crippen LogP contribution in [0.1, 0.15) is 68.0 Å². The Bertz CT molecular complexity index is 951. The largest absolute Gasteiger partial charge is 0.414 e. The second-order valence-corrected chi connectivity index (χ2v) is 30.6. The van der Waals surface area contributed by atoms with Crippen LogP contribution in [0.5, 0.6) is 0 Å². The van der Waals surface area contributed by atoms with Crippen LogP contribution in [0, 0.1) is 0 Å². The number of rotatable bonds is 8. The van der Waals surface area contributed by atoms with Gasteiger partial charge in [0, 0.05) is 10.7 Å². The van der Waals surface area contributed by atoms with E-state index in [1.165, 1.54) is 0 Å². The third kappa shape index (κ3) is 7.10. The molecular formula is C28H54BrNO5Si3. The van der Waals surface area contributed by atoms with Gasteiger partial charge in [0.1, 0.15) is 24.0 Å². The van der Waals surface area contributed by atoms with Crippen LogP contribution < -0.4 is 0 Å². The molecule has 0 spiro atoms. The van der Waals surface area contributed by atoms with Crippen molar-refractivity contribution in [1.29, 1.82) is 0 Å². The second-order valence-electron chi connectivity index (χ2n) is 15.4. The first-order chi connectivity index (χ1) is 16.8. The van der Waals surface area contributed by atoms with Gasteiger partial charge in [-0.3, -0.25) is 4.98 Å². The molecule has 0 aliphatic carbocycles. The molecule has 0 amide bonds. The summed E-state index contributed by atoms with van der Waals surface area (Å²) in [4.78, 5) is 4.70. The van der Waals surface area contributed by atoms with E-state index in [2.05, 4.69) is 118 Å². The minimum absolute atomic E-state index is 0.0427. The molecule has 1 aromatic heterocycles. The first kappa shape index (κ1) is 34.3. The van der Waals surface area contributed by atoms with Crippen molar-refractivity contribution in [2.24, 2.45) is 0 Å². The smallest absolute Gasteiger partial charge is 0.233 e. The minimum Gasteiger partial charge on any atom is -0.414 e. The van der Waals surface area contributed by atoms with Crippen LogP contribution in [-0.4, -0.2) is 60.0 Å². The fraction of sp³-hybridized carbons (Fsp3) is 0.821. The average molecular weight is 649 g/mol. The van der Waals surface area contributed by atoms with Crippen LogP contribution >= 0.6 is 15.9 Å². The average Bonchev–Trinajstić information content (AvgIpc) is 2.96. The SMILES string of the molecule is CC(C)(C)[Si](C)(C)OC[C@H]1O[C@@](O[Si](C)(C)C(C)(C)C)(c2ccc(Br)cn2)[C@H](O)[C@@H]1O[Si](C)(C)C(C)(C)C. The lowest BCUT2D eigenvalue weighted by atomic mass is 10.0. The molecule has 2 heterocycles. The lowest BCUT2D eigenvalue weighted by molar-refractivity contribution is -0.230. The summed E-state index contributed by atoms with van der Waals surface area (Å²) in [5.74, 6) is -1.46. The monoisotopic (exact) mass is 647 g/mol. The number of halogens is 1. The standard InChI is InChI=1S/C28H54BrNO5Si3/c1-25(2,3)36(10,11)32-19-21-23(34-37(12,13)26(4,5)6)24(31)28(33-21,22-17-16-20(29)18-30-22)35-38(14,15)27(7,8)9/h16-18,21,23-24,31H,19H2,1-15H3/t21-,23-,24-,28-/m1/s1. The Balaban J connectivity index is 2.66. The molecule has 220 valence electrons. The molecule has 0 saturated carbocycles. The molecule has 0 aromatic carbocycles. The predicted octanol–water partition coefficient (Wildman–Crippen LogP) is 8.19. The van der Waals surface area contributed by atoms with E-state index in [0.29, 0.717) is 12.3 Å². The van der Waals surface area contributed by atoms with Gasteiger partial charge >= 0.3 is 0 Å². The van der Waals surface area contributed by atoms with Crippen molar-refractivity contribution >= 4 is 40.9 Å². The maximum Gasteiger partial charge on any atom is 0.233 e. The van der Waals surface area contributed by atoms with Gasteiger partial charge in [-0.05, 0) is 82.5 Å². The van der Waals surface area contributed by atoms with E-state index in [-0.39, 0.29) is 15.1 Å². The normalized spacial score (nSPS) is 26.2. The first-order valence-electron chi connectivity index (χ1n) is 13.8. The number of pyridine rings is 1. The summed E-state index contributed by atoms with van der Waals surface area (Å²) in [7, 11) is -6.82. The predicted molar refractivity (Wildman–Crippen MR) is 168 cm³/mol. The van der Waals surface area contributed by atoms with Crippen molar-refractivity contribution in [3.8, 4) is 0 Å². The fourth-order valence-corrected chi connectivity index (χ4v) is 7.44. The summed E-state index contributed by atoms with van der Waals surface area (Å²) in [6, 6.07) is 3.79. The summed E-state index contributed by atoms with van der Waals surface area (Å²) in [5.41, 5.74) is 0.552. The summed E-state index contributed by atoms with van der Waals surface area (Å²) in [6.07, 6.45) is -0.475. The van der Waals surface area contributed by atoms with E-state index in [1.54, 1.807) is 6.20 Å². The Labute approximate surface area is 244 Å². The summed E-state index contributed by atoms with van der Waals surface area (Å²) < 4.78 is 28.4. The maximum atomic E-state index is 12.2. The first-order valence-corrected chi connectivity index (χ1v) is 23.3. The highest BCUT2D eigenvalue weighted by Crippen LogP contribution is 2.50. The topological polar surface area (TPSA) is 70.0 Å². The number of ether oxygens (including phenoxy) is 1. The molecule has 0 radical (unpaired) electrons. The van der Waals surface area contributed by atoms with Gasteiger partial charge in [-0.15, -0.1) is 0 Å². The lowest BCUT2D eigenvalue weighted by Gasteiger charge is -2.45. The molecular weight excluding hydrogens is 594 g/mol. The lowest BCUT2D eigenvalue weighted by Crippen LogP contribution is -2.55. The minimum atomic E-state index is -2.44. The van der Waals surface area contributed by atoms with Crippen LogP contribution in [0.15, 0.2) is 22.8 Å². The molecule has 1 aliphatic rings. The highest BCUT2D eigenvalue weighted by Gasteiger charge is 2.63. The Morgan fingerprint density at radius 3 is 1.79 bits per heavy atom. The molecule has 1 aromatic rings. The van der Waals surface area contributed by atoms with Crippen molar-refractivity contribution in [3.05, 3.63) is 28.5 Å². The highest BCUT2D eigenvalue weighted by molar-refractivity contribution is 9.10. The van der Waals surface area contributed by atoms with Gasteiger partial charge < -0.3 is 23.1 Å². The molecule has 1 aliphatic heterocycles. The third-order valence-corrected chi connectivity index (χ3v) is 23.2. The van der Waals surface area contributed by atoms with Gasteiger partial charge in [-0.1, -0.05) is 62.3 Å². The Kier molecular flexibility index (Phi) is 9.97. The molecule has 1 saturated heterocycles. The molecule has 0 bridgehead atoms. The summed E-state index contributed by atoms with van der Waals surface area (Å²) in [5, 5.41) is 12.1. The summed E-state index contributed by atoms with van der Waals surface area (Å²) in [6.45, 7) is 33.4. The number of hydrogen-bond donors (Lipinski definition) is 1. The number of aliphatic hydroxyl groups excluding tert-OH is 1. The molecule has 2 rings (SSSR count). The highest BCUT2D eigenvalue weighted by atomic mass is 79.9. The molecule has 0 unspecified atom stereocenters. The maximum absolute atomic E-state index is 12.2. The molecule has 38 heavy (non-hydrogen) atoms. The zero-order valence-electron chi connectivity index (χ0n) is 26.6. The van der Waals surface area contributed by atoms with E-state index in [1.807, 2.05) is 12.1 Å². The van der Waals surface area contributed by atoms with Gasteiger partial charge in [-0.25, -0.2) is 0 Å². The zero-order valence-corrected chi connectivity index (χ0v) is 31.2. The van der Waals surface area contributed by atoms with Crippen LogP contribution in [0.4, 0.5) is 0 Å². The second kappa shape index (κ2) is 11.1. The Hall–Kier alpha value is 0.0806. The number of aliphatic hydroxyl groups is 1. The quantitative estimate of drug-likeness (QED) is 0.287. The zero-order chi connectivity index (χ0) is 29.8. The number of nitrogens with zero attached hydrogens (tertiary/aromatic N) is 1. The summed E-state index contributed by atoms with van der Waals surface area (Å²) >= 11 is 3.50. The van der Waals surface area contributed by atoms with Crippen LogP contribution in [0.25, 0.3) is 0 Å². The van der Waals surface area contributed by atoms with Crippen LogP contribution in [-0.2, 0) is 23.8 Å². The van der Waals surface area contributed by atoms with Crippen molar-refractivity contribution in [2.45, 2.75) is 141 Å². The molecule has 1 fully saturated rings. The Morgan fingerprint density at radius 1 is 0.868 bits per heavy atom. The van der Waals surface area contributed by atoms with Crippen molar-refractivity contribution in [1.82, 2.24) is 4.98 Å². The third-order valence-electron chi connectivity index (χ3n) is 9.34. The number of aromatic nitrogens is 1. The van der Waals surface area contributed by atoms with Crippen molar-refractivity contribution in [3.63, 3.8) is 0 Å². The van der Waals surface area contributed by atoms with Gasteiger partial charge in [0.25, 0.3) is 0 Å². The molecule has 10 heteroatoms. The van der Waals surface area contributed by atoms with Gasteiger partial charge in [0.15, 0.2) is 25.0 Å². The van der Waals surface area contributed by atoms with E-state index in [4.69, 9.17) is 23.0 Å². The fourth-order valence-electron chi connectivity index (χ4n) is 3.54. The van der Waals surface area contributed by atoms with E-state index in [9.17, 15) is 5.11 Å².